The van der Waals surface area contributed by atoms with E-state index >= 15 is 0 Å². The Labute approximate surface area is 226 Å². The highest BCUT2D eigenvalue weighted by atomic mass is 15.0. The lowest BCUT2D eigenvalue weighted by Gasteiger charge is -2.19. The van der Waals surface area contributed by atoms with Crippen LogP contribution in [0.4, 0.5) is 0 Å². The van der Waals surface area contributed by atoms with E-state index in [0.717, 1.165) is 24.2 Å². The first-order valence-corrected chi connectivity index (χ1v) is 13.6. The molecule has 2 heteroatoms. The SMILES string of the molecule is C1=c2c(n(-c3ccc4c(-c5ccccc5)c5ccccc5c(-c5ccccc5)c4c3)c3ncccc23)=CCC1. The predicted molar refractivity (Wildman–Crippen MR) is 164 cm³/mol. The van der Waals surface area contributed by atoms with Crippen molar-refractivity contribution in [3.8, 4) is 27.9 Å². The molecule has 5 aromatic carbocycles. The van der Waals surface area contributed by atoms with E-state index < -0.39 is 0 Å². The van der Waals surface area contributed by atoms with E-state index in [0.29, 0.717) is 0 Å². The maximum absolute atomic E-state index is 4.86. The summed E-state index contributed by atoms with van der Waals surface area (Å²) in [5, 5.41) is 8.82. The average molecular weight is 499 g/mol. The molecule has 0 atom stereocenters. The first-order chi connectivity index (χ1) is 19.4. The van der Waals surface area contributed by atoms with Crippen molar-refractivity contribution in [2.45, 2.75) is 12.8 Å². The summed E-state index contributed by atoms with van der Waals surface area (Å²) >= 11 is 0. The fourth-order valence-corrected chi connectivity index (χ4v) is 6.42. The second-order valence-electron chi connectivity index (χ2n) is 10.3. The summed E-state index contributed by atoms with van der Waals surface area (Å²) in [7, 11) is 0. The molecular formula is C37H26N2. The summed E-state index contributed by atoms with van der Waals surface area (Å²) in [6.45, 7) is 0. The van der Waals surface area contributed by atoms with Gasteiger partial charge >= 0.3 is 0 Å². The van der Waals surface area contributed by atoms with E-state index in [1.54, 1.807) is 0 Å². The lowest BCUT2D eigenvalue weighted by atomic mass is 9.86. The van der Waals surface area contributed by atoms with E-state index in [9.17, 15) is 0 Å². The standard InChI is InChI=1S/C37H26N2/c1-3-12-25(13-4-1)35-29-17-7-8-18-30(29)36(26-14-5-2-6-15-26)33-24-27(21-22-31(33)35)39-34-20-10-9-16-28(34)32-19-11-23-38-37(32)39/h1-8,11-24H,9-10H2. The van der Waals surface area contributed by atoms with Crippen LogP contribution >= 0.6 is 0 Å². The first-order valence-electron chi connectivity index (χ1n) is 13.6. The van der Waals surface area contributed by atoms with Gasteiger partial charge < -0.3 is 0 Å². The monoisotopic (exact) mass is 498 g/mol. The molecule has 2 aromatic heterocycles. The number of hydrogen-bond acceptors (Lipinski definition) is 1. The number of benzene rings is 5. The Hall–Kier alpha value is -4.95. The highest BCUT2D eigenvalue weighted by Crippen LogP contribution is 2.44. The van der Waals surface area contributed by atoms with Crippen LogP contribution in [0.15, 0.2) is 121 Å². The molecule has 0 radical (unpaired) electrons. The molecule has 39 heavy (non-hydrogen) atoms. The summed E-state index contributed by atoms with van der Waals surface area (Å²) in [5.74, 6) is 0. The molecule has 1 aliphatic carbocycles. The molecule has 0 fully saturated rings. The van der Waals surface area contributed by atoms with E-state index in [2.05, 4.69) is 126 Å². The quantitative estimate of drug-likeness (QED) is 0.226. The van der Waals surface area contributed by atoms with Gasteiger partial charge in [-0.25, -0.2) is 4.98 Å². The predicted octanol–water partition coefficient (Wildman–Crippen LogP) is 8.02. The molecule has 0 saturated carbocycles. The summed E-state index contributed by atoms with van der Waals surface area (Å²) in [6, 6.07) is 41.7. The molecule has 8 rings (SSSR count). The van der Waals surface area contributed by atoms with Gasteiger partial charge in [0, 0.05) is 22.5 Å². The van der Waals surface area contributed by atoms with Crippen molar-refractivity contribution in [1.82, 2.24) is 9.55 Å². The molecule has 2 nitrogen and oxygen atoms in total. The second kappa shape index (κ2) is 8.82. The molecule has 0 unspecified atom stereocenters. The fraction of sp³-hybridized carbons (Fsp3) is 0.0541. The van der Waals surface area contributed by atoms with Gasteiger partial charge in [-0.1, -0.05) is 103 Å². The molecule has 0 aliphatic heterocycles. The minimum atomic E-state index is 1.02. The number of hydrogen-bond donors (Lipinski definition) is 0. The lowest BCUT2D eigenvalue weighted by molar-refractivity contribution is 1.01. The Morgan fingerprint density at radius 2 is 1.10 bits per heavy atom. The van der Waals surface area contributed by atoms with Crippen LogP contribution in [0.25, 0.3) is 72.7 Å². The minimum Gasteiger partial charge on any atom is -0.294 e. The molecule has 7 aromatic rings. The Morgan fingerprint density at radius 3 is 1.82 bits per heavy atom. The van der Waals surface area contributed by atoms with Gasteiger partial charge in [0.15, 0.2) is 0 Å². The normalized spacial score (nSPS) is 12.8. The topological polar surface area (TPSA) is 17.8 Å². The highest BCUT2D eigenvalue weighted by molar-refractivity contribution is 6.21. The van der Waals surface area contributed by atoms with E-state index in [1.165, 1.54) is 59.8 Å². The summed E-state index contributed by atoms with van der Waals surface area (Å²) in [6.07, 6.45) is 8.77. The van der Waals surface area contributed by atoms with Crippen LogP contribution in [-0.4, -0.2) is 9.55 Å². The van der Waals surface area contributed by atoms with Crippen LogP contribution in [-0.2, 0) is 0 Å². The number of aromatic nitrogens is 2. The lowest BCUT2D eigenvalue weighted by Crippen LogP contribution is -2.30. The summed E-state index contributed by atoms with van der Waals surface area (Å²) < 4.78 is 2.35. The highest BCUT2D eigenvalue weighted by Gasteiger charge is 2.18. The van der Waals surface area contributed by atoms with Crippen LogP contribution in [0.3, 0.4) is 0 Å². The van der Waals surface area contributed by atoms with Crippen LogP contribution in [0, 0.1) is 0 Å². The third-order valence-electron chi connectivity index (χ3n) is 8.05. The molecule has 184 valence electrons. The Bertz CT molecular complexity index is 2150. The number of nitrogens with zero attached hydrogens (tertiary/aromatic N) is 2. The number of rotatable bonds is 3. The molecule has 2 heterocycles. The van der Waals surface area contributed by atoms with Gasteiger partial charge in [-0.2, -0.15) is 0 Å². The van der Waals surface area contributed by atoms with Gasteiger partial charge in [0.25, 0.3) is 0 Å². The van der Waals surface area contributed by atoms with Gasteiger partial charge in [0.2, 0.25) is 0 Å². The Balaban J connectivity index is 1.55. The molecule has 0 amide bonds. The molecular weight excluding hydrogens is 472 g/mol. The number of pyridine rings is 1. The van der Waals surface area contributed by atoms with Crippen molar-refractivity contribution in [3.63, 3.8) is 0 Å². The third kappa shape index (κ3) is 3.38. The van der Waals surface area contributed by atoms with Crippen LogP contribution in [0.2, 0.25) is 0 Å². The van der Waals surface area contributed by atoms with E-state index in [-0.39, 0.29) is 0 Å². The molecule has 0 saturated heterocycles. The van der Waals surface area contributed by atoms with Gasteiger partial charge in [-0.3, -0.25) is 4.57 Å². The van der Waals surface area contributed by atoms with Crippen LogP contribution < -0.4 is 10.6 Å². The largest absolute Gasteiger partial charge is 0.294 e. The minimum absolute atomic E-state index is 1.02. The number of fused-ring (bicyclic) bond motifs is 5. The van der Waals surface area contributed by atoms with Crippen molar-refractivity contribution in [2.24, 2.45) is 0 Å². The van der Waals surface area contributed by atoms with Crippen LogP contribution in [0.1, 0.15) is 12.8 Å². The maximum Gasteiger partial charge on any atom is 0.145 e. The molecule has 1 aliphatic rings. The summed E-state index contributed by atoms with van der Waals surface area (Å²) in [5.41, 5.74) is 7.18. The fourth-order valence-electron chi connectivity index (χ4n) is 6.42. The zero-order valence-electron chi connectivity index (χ0n) is 21.5. The van der Waals surface area contributed by atoms with Crippen molar-refractivity contribution < 1.29 is 0 Å². The van der Waals surface area contributed by atoms with Gasteiger partial charge in [-0.05, 0) is 80.9 Å². The van der Waals surface area contributed by atoms with Crippen LogP contribution in [0.5, 0.6) is 0 Å². The zero-order valence-corrected chi connectivity index (χ0v) is 21.5. The van der Waals surface area contributed by atoms with Crippen molar-refractivity contribution in [3.05, 3.63) is 132 Å². The third-order valence-corrected chi connectivity index (χ3v) is 8.05. The summed E-state index contributed by atoms with van der Waals surface area (Å²) in [4.78, 5) is 4.86. The molecule has 0 N–H and O–H groups in total. The molecule has 0 spiro atoms. The smallest absolute Gasteiger partial charge is 0.145 e. The maximum atomic E-state index is 4.86. The van der Waals surface area contributed by atoms with Crippen molar-refractivity contribution in [1.29, 1.82) is 0 Å². The molecule has 0 bridgehead atoms. The van der Waals surface area contributed by atoms with Gasteiger partial charge in [0.1, 0.15) is 5.65 Å². The Kier molecular flexibility index (Phi) is 4.99. The van der Waals surface area contributed by atoms with Crippen molar-refractivity contribution >= 4 is 44.7 Å². The van der Waals surface area contributed by atoms with E-state index in [4.69, 9.17) is 4.98 Å². The Morgan fingerprint density at radius 1 is 0.513 bits per heavy atom. The van der Waals surface area contributed by atoms with Gasteiger partial charge in [-0.15, -0.1) is 0 Å². The van der Waals surface area contributed by atoms with E-state index in [1.807, 2.05) is 12.3 Å². The van der Waals surface area contributed by atoms with Crippen molar-refractivity contribution in [2.75, 3.05) is 0 Å². The average Bonchev–Trinajstić information content (AvgIpc) is 3.35. The zero-order chi connectivity index (χ0) is 25.8. The second-order valence-corrected chi connectivity index (χ2v) is 10.3. The first kappa shape index (κ1) is 22.1. The van der Waals surface area contributed by atoms with Gasteiger partial charge in [0.05, 0.1) is 5.35 Å².